The van der Waals surface area contributed by atoms with E-state index in [0.717, 1.165) is 16.7 Å². The Labute approximate surface area is 317 Å². The van der Waals surface area contributed by atoms with E-state index in [0.29, 0.717) is 17.5 Å². The molecule has 254 valence electrons. The zero-order chi connectivity index (χ0) is 36.0. The predicted octanol–water partition coefficient (Wildman–Crippen LogP) is 13.5. The Bertz CT molecular complexity index is 3120. The fraction of sp³-hybridized carbons (Fsp3) is 0.0600. The van der Waals surface area contributed by atoms with E-state index in [1.54, 1.807) is 0 Å². The van der Waals surface area contributed by atoms with Crippen LogP contribution in [0.4, 0.5) is 0 Å². The first-order valence-electron chi connectivity index (χ1n) is 18.4. The lowest BCUT2D eigenvalue weighted by molar-refractivity contribution is 0.660. The molecule has 1 aliphatic rings. The van der Waals surface area contributed by atoms with Gasteiger partial charge in [0.2, 0.25) is 0 Å². The summed E-state index contributed by atoms with van der Waals surface area (Å²) in [7, 11) is 0. The van der Waals surface area contributed by atoms with Crippen LogP contribution in [0.3, 0.4) is 0 Å². The average Bonchev–Trinajstić information content (AvgIpc) is 3.73. The molecular formula is C50H33N3S. The van der Waals surface area contributed by atoms with Crippen LogP contribution in [-0.2, 0) is 5.41 Å². The van der Waals surface area contributed by atoms with Gasteiger partial charge in [-0.15, -0.1) is 11.3 Å². The second-order valence-electron chi connectivity index (χ2n) is 14.8. The molecule has 0 unspecified atom stereocenters. The van der Waals surface area contributed by atoms with Gasteiger partial charge >= 0.3 is 0 Å². The second kappa shape index (κ2) is 11.8. The molecule has 0 saturated heterocycles. The minimum absolute atomic E-state index is 0.139. The molecule has 2 aromatic heterocycles. The third-order valence-corrected chi connectivity index (χ3v) is 12.6. The first-order valence-corrected chi connectivity index (χ1v) is 19.3. The van der Waals surface area contributed by atoms with Crippen LogP contribution in [0.25, 0.3) is 98.1 Å². The van der Waals surface area contributed by atoms with Gasteiger partial charge in [-0.05, 0) is 61.7 Å². The maximum atomic E-state index is 5.39. The van der Waals surface area contributed by atoms with Crippen LogP contribution in [0.2, 0.25) is 0 Å². The highest BCUT2D eigenvalue weighted by atomic mass is 32.1. The molecule has 1 aliphatic carbocycles. The molecule has 0 radical (unpaired) electrons. The van der Waals surface area contributed by atoms with Gasteiger partial charge in [-0.1, -0.05) is 166 Å². The number of hydrogen-bond donors (Lipinski definition) is 0. The molecule has 0 N–H and O–H groups in total. The fourth-order valence-electron chi connectivity index (χ4n) is 8.66. The highest BCUT2D eigenvalue weighted by Crippen LogP contribution is 2.50. The molecule has 0 atom stereocenters. The number of benzene rings is 8. The molecule has 2 heterocycles. The van der Waals surface area contributed by atoms with Crippen LogP contribution in [-0.4, -0.2) is 15.0 Å². The third-order valence-electron chi connectivity index (χ3n) is 11.3. The average molecular weight is 708 g/mol. The summed E-state index contributed by atoms with van der Waals surface area (Å²) in [6.45, 7) is 4.63. The van der Waals surface area contributed by atoms with E-state index in [9.17, 15) is 0 Å². The van der Waals surface area contributed by atoms with Crippen LogP contribution in [0, 0.1) is 0 Å². The minimum atomic E-state index is -0.139. The molecule has 0 spiro atoms. The molecule has 3 nitrogen and oxygen atoms in total. The summed E-state index contributed by atoms with van der Waals surface area (Å²) in [5, 5.41) is 7.31. The number of aromatic nitrogens is 3. The van der Waals surface area contributed by atoms with E-state index in [-0.39, 0.29) is 5.41 Å². The highest BCUT2D eigenvalue weighted by Gasteiger charge is 2.35. The summed E-state index contributed by atoms with van der Waals surface area (Å²) in [5.41, 5.74) is 10.5. The van der Waals surface area contributed by atoms with Gasteiger partial charge < -0.3 is 0 Å². The van der Waals surface area contributed by atoms with Crippen molar-refractivity contribution in [1.82, 2.24) is 15.0 Å². The lowest BCUT2D eigenvalue weighted by Gasteiger charge is -2.21. The molecule has 10 aromatic rings. The lowest BCUT2D eigenvalue weighted by Crippen LogP contribution is -2.15. The molecular weight excluding hydrogens is 675 g/mol. The topological polar surface area (TPSA) is 38.7 Å². The van der Waals surface area contributed by atoms with E-state index >= 15 is 0 Å². The van der Waals surface area contributed by atoms with Crippen molar-refractivity contribution in [1.29, 1.82) is 0 Å². The van der Waals surface area contributed by atoms with E-state index in [1.807, 2.05) is 29.5 Å². The van der Waals surface area contributed by atoms with Gasteiger partial charge in [-0.3, -0.25) is 0 Å². The summed E-state index contributed by atoms with van der Waals surface area (Å²) in [5.74, 6) is 2.01. The maximum Gasteiger partial charge on any atom is 0.164 e. The molecule has 0 saturated carbocycles. The molecule has 54 heavy (non-hydrogen) atoms. The zero-order valence-electron chi connectivity index (χ0n) is 29.8. The Kier molecular flexibility index (Phi) is 6.77. The zero-order valence-corrected chi connectivity index (χ0v) is 30.7. The predicted molar refractivity (Wildman–Crippen MR) is 227 cm³/mol. The monoisotopic (exact) mass is 707 g/mol. The summed E-state index contributed by atoms with van der Waals surface area (Å²) < 4.78 is 2.51. The van der Waals surface area contributed by atoms with Crippen molar-refractivity contribution >= 4 is 53.1 Å². The quantitative estimate of drug-likeness (QED) is 0.171. The van der Waals surface area contributed by atoms with Crippen LogP contribution in [0.5, 0.6) is 0 Å². The Morgan fingerprint density at radius 2 is 1.02 bits per heavy atom. The van der Waals surface area contributed by atoms with Crippen molar-refractivity contribution in [2.45, 2.75) is 19.3 Å². The highest BCUT2D eigenvalue weighted by molar-refractivity contribution is 7.27. The molecule has 0 aliphatic heterocycles. The van der Waals surface area contributed by atoms with Gasteiger partial charge in [0.15, 0.2) is 17.5 Å². The van der Waals surface area contributed by atoms with Gasteiger partial charge in [0, 0.05) is 47.7 Å². The number of fused-ring (bicyclic) bond motifs is 10. The fourth-order valence-corrected chi connectivity index (χ4v) is 10.1. The molecule has 0 fully saturated rings. The summed E-state index contributed by atoms with van der Waals surface area (Å²) in [6.07, 6.45) is 0. The van der Waals surface area contributed by atoms with Crippen molar-refractivity contribution in [2.24, 2.45) is 0 Å². The van der Waals surface area contributed by atoms with Crippen LogP contribution in [0.1, 0.15) is 25.0 Å². The summed E-state index contributed by atoms with van der Waals surface area (Å²) in [4.78, 5) is 15.9. The Morgan fingerprint density at radius 3 is 1.85 bits per heavy atom. The van der Waals surface area contributed by atoms with E-state index in [2.05, 4.69) is 159 Å². The largest absolute Gasteiger partial charge is 0.208 e. The van der Waals surface area contributed by atoms with Crippen molar-refractivity contribution in [3.8, 4) is 56.4 Å². The first-order chi connectivity index (χ1) is 26.5. The number of thiophene rings is 1. The molecule has 0 amide bonds. The van der Waals surface area contributed by atoms with Gasteiger partial charge in [0.1, 0.15) is 0 Å². The van der Waals surface area contributed by atoms with Crippen LogP contribution < -0.4 is 0 Å². The molecule has 4 heteroatoms. The smallest absolute Gasteiger partial charge is 0.164 e. The lowest BCUT2D eigenvalue weighted by atomic mass is 9.82. The summed E-state index contributed by atoms with van der Waals surface area (Å²) >= 11 is 1.87. The Morgan fingerprint density at radius 1 is 0.389 bits per heavy atom. The van der Waals surface area contributed by atoms with Crippen molar-refractivity contribution in [3.05, 3.63) is 175 Å². The van der Waals surface area contributed by atoms with Gasteiger partial charge in [0.25, 0.3) is 0 Å². The molecule has 11 rings (SSSR count). The van der Waals surface area contributed by atoms with E-state index < -0.39 is 0 Å². The third kappa shape index (κ3) is 4.63. The SMILES string of the molecule is CC1(C)c2ccccc2-c2ccc(-c3nc(-c4ccccc4)nc(-c4cc5ccc6ccccc6c5c5sc6c(-c7ccccc7)cccc6c45)n3)cc21. The number of rotatable bonds is 4. The number of nitrogens with zero attached hydrogens (tertiary/aromatic N) is 3. The second-order valence-corrected chi connectivity index (χ2v) is 15.8. The Hall–Kier alpha value is -6.49. The van der Waals surface area contributed by atoms with Gasteiger partial charge in [-0.25, -0.2) is 15.0 Å². The summed E-state index contributed by atoms with van der Waals surface area (Å²) in [6, 6.07) is 58.7. The van der Waals surface area contributed by atoms with E-state index in [1.165, 1.54) is 75.1 Å². The van der Waals surface area contributed by atoms with Crippen molar-refractivity contribution in [3.63, 3.8) is 0 Å². The molecule has 0 bridgehead atoms. The van der Waals surface area contributed by atoms with Crippen LogP contribution >= 0.6 is 11.3 Å². The van der Waals surface area contributed by atoms with Gasteiger partial charge in [0.05, 0.1) is 0 Å². The normalized spacial score (nSPS) is 13.1. The Balaban J connectivity index is 1.22. The minimum Gasteiger partial charge on any atom is -0.208 e. The maximum absolute atomic E-state index is 5.39. The standard InChI is InChI=1S/C50H33N3S/c1-50(2)41-23-12-11-20-37(41)38-27-26-34(29-42(38)50)48-51-47(32-17-7-4-8-18-32)52-49(53-48)40-28-33-25-24-31-16-9-10-19-35(31)43(33)46-44(40)39-22-13-21-36(45(39)54-46)30-14-5-3-6-15-30/h3-29H,1-2H3. The molecule has 8 aromatic carbocycles. The first kappa shape index (κ1) is 31.1. The van der Waals surface area contributed by atoms with Crippen molar-refractivity contribution in [2.75, 3.05) is 0 Å². The van der Waals surface area contributed by atoms with E-state index in [4.69, 9.17) is 15.0 Å². The van der Waals surface area contributed by atoms with Crippen LogP contribution in [0.15, 0.2) is 164 Å². The van der Waals surface area contributed by atoms with Crippen molar-refractivity contribution < 1.29 is 0 Å². The van der Waals surface area contributed by atoms with Gasteiger partial charge in [-0.2, -0.15) is 0 Å². The number of hydrogen-bond acceptors (Lipinski definition) is 4.